The minimum atomic E-state index is -0.335. The summed E-state index contributed by atoms with van der Waals surface area (Å²) in [7, 11) is 1.57. The van der Waals surface area contributed by atoms with Crippen LogP contribution in [0.15, 0.2) is 53.6 Å². The van der Waals surface area contributed by atoms with Crippen molar-refractivity contribution in [1.82, 2.24) is 4.98 Å². The number of nitro groups is 1. The van der Waals surface area contributed by atoms with Gasteiger partial charge in [-0.25, -0.2) is 0 Å². The van der Waals surface area contributed by atoms with Crippen molar-refractivity contribution in [2.24, 2.45) is 0 Å². The van der Waals surface area contributed by atoms with E-state index < -0.39 is 0 Å². The number of nitrogens with zero attached hydrogens (tertiary/aromatic N) is 1. The maximum Gasteiger partial charge on any atom is 0.308 e. The molecule has 0 bridgehead atoms. The number of benzene rings is 2. The second kappa shape index (κ2) is 6.11. The lowest BCUT2D eigenvalue weighted by molar-refractivity contribution is -0.386. The molecule has 1 heterocycles. The van der Waals surface area contributed by atoms with Crippen LogP contribution in [-0.4, -0.2) is 17.0 Å². The summed E-state index contributed by atoms with van der Waals surface area (Å²) in [6, 6.07) is 15.1. The molecule has 1 N–H and O–H groups in total. The first-order valence-electron chi connectivity index (χ1n) is 6.70. The molecule has 0 saturated heterocycles. The van der Waals surface area contributed by atoms with Crippen molar-refractivity contribution in [3.05, 3.63) is 64.2 Å². The Hall–Kier alpha value is -2.47. The van der Waals surface area contributed by atoms with Gasteiger partial charge in [0.05, 0.1) is 22.9 Å². The molecule has 0 fully saturated rings. The normalized spacial score (nSPS) is 10.8. The van der Waals surface area contributed by atoms with E-state index in [4.69, 9.17) is 4.74 Å². The maximum absolute atomic E-state index is 11.4. The average Bonchev–Trinajstić information content (AvgIpc) is 2.91. The first-order chi connectivity index (χ1) is 10.7. The summed E-state index contributed by atoms with van der Waals surface area (Å²) in [4.78, 5) is 14.2. The van der Waals surface area contributed by atoms with E-state index in [1.165, 1.54) is 11.8 Å². The zero-order chi connectivity index (χ0) is 15.5. The minimum absolute atomic E-state index is 0.124. The molecule has 5 nitrogen and oxygen atoms in total. The third kappa shape index (κ3) is 2.78. The van der Waals surface area contributed by atoms with Gasteiger partial charge in [-0.1, -0.05) is 42.1 Å². The van der Waals surface area contributed by atoms with Gasteiger partial charge in [-0.3, -0.25) is 10.1 Å². The molecule has 3 rings (SSSR count). The number of thioether (sulfide) groups is 1. The lowest BCUT2D eigenvalue weighted by atomic mass is 10.2. The molecule has 0 aliphatic rings. The monoisotopic (exact) mass is 314 g/mol. The van der Waals surface area contributed by atoms with E-state index in [1.54, 1.807) is 25.3 Å². The standard InChI is InChI=1S/C16H14N2O3S/c1-21-12-7-8-13-14(9-12)17-16(15(13)18(19)20)22-10-11-5-3-2-4-6-11/h2-9,17H,10H2,1H3. The molecule has 0 unspecified atom stereocenters. The van der Waals surface area contributed by atoms with E-state index in [1.807, 2.05) is 30.3 Å². The number of aromatic amines is 1. The summed E-state index contributed by atoms with van der Waals surface area (Å²) in [6.45, 7) is 0. The maximum atomic E-state index is 11.4. The van der Waals surface area contributed by atoms with Crippen molar-refractivity contribution in [3.8, 4) is 5.75 Å². The van der Waals surface area contributed by atoms with Crippen molar-refractivity contribution < 1.29 is 9.66 Å². The van der Waals surface area contributed by atoms with Gasteiger partial charge in [-0.2, -0.15) is 0 Å². The van der Waals surface area contributed by atoms with E-state index >= 15 is 0 Å². The minimum Gasteiger partial charge on any atom is -0.497 e. The number of aromatic nitrogens is 1. The fourth-order valence-corrected chi connectivity index (χ4v) is 3.29. The van der Waals surface area contributed by atoms with Crippen molar-refractivity contribution in [1.29, 1.82) is 0 Å². The zero-order valence-corrected chi connectivity index (χ0v) is 12.7. The van der Waals surface area contributed by atoms with Crippen molar-refractivity contribution >= 4 is 28.4 Å². The lowest BCUT2D eigenvalue weighted by Gasteiger charge is -1.99. The van der Waals surface area contributed by atoms with Crippen LogP contribution in [0, 0.1) is 10.1 Å². The van der Waals surface area contributed by atoms with Crippen LogP contribution in [0.3, 0.4) is 0 Å². The summed E-state index contributed by atoms with van der Waals surface area (Å²) in [5.74, 6) is 1.34. The molecular weight excluding hydrogens is 300 g/mol. The number of hydrogen-bond acceptors (Lipinski definition) is 4. The summed E-state index contributed by atoms with van der Waals surface area (Å²) in [5.41, 5.74) is 1.96. The molecule has 22 heavy (non-hydrogen) atoms. The molecule has 0 amide bonds. The first-order valence-corrected chi connectivity index (χ1v) is 7.68. The molecule has 2 aromatic carbocycles. The van der Waals surface area contributed by atoms with Crippen LogP contribution in [-0.2, 0) is 5.75 Å². The Labute approximate surface area is 131 Å². The molecule has 0 saturated carbocycles. The van der Waals surface area contributed by atoms with Gasteiger partial charge in [-0.05, 0) is 17.7 Å². The molecule has 0 radical (unpaired) electrons. The first kappa shape index (κ1) is 14.5. The number of nitrogens with one attached hydrogen (secondary N) is 1. The SMILES string of the molecule is COc1ccc2c([N+](=O)[O-])c(SCc3ccccc3)[nH]c2c1. The topological polar surface area (TPSA) is 68.2 Å². The van der Waals surface area contributed by atoms with Crippen molar-refractivity contribution in [3.63, 3.8) is 0 Å². The molecule has 0 aliphatic carbocycles. The van der Waals surface area contributed by atoms with Gasteiger partial charge in [0.25, 0.3) is 0 Å². The number of methoxy groups -OCH3 is 1. The van der Waals surface area contributed by atoms with Gasteiger partial charge in [-0.15, -0.1) is 0 Å². The van der Waals surface area contributed by atoms with Crippen LogP contribution >= 0.6 is 11.8 Å². The Kier molecular flexibility index (Phi) is 4.02. The fraction of sp³-hybridized carbons (Fsp3) is 0.125. The Bertz CT molecular complexity index is 815. The fourth-order valence-electron chi connectivity index (χ4n) is 2.28. The van der Waals surface area contributed by atoms with E-state index in [9.17, 15) is 10.1 Å². The van der Waals surface area contributed by atoms with Gasteiger partial charge in [0.15, 0.2) is 5.03 Å². The third-order valence-corrected chi connectivity index (χ3v) is 4.42. The van der Waals surface area contributed by atoms with Crippen LogP contribution in [0.4, 0.5) is 5.69 Å². The van der Waals surface area contributed by atoms with Crippen LogP contribution in [0.1, 0.15) is 5.56 Å². The second-order valence-electron chi connectivity index (χ2n) is 4.75. The van der Waals surface area contributed by atoms with Crippen LogP contribution < -0.4 is 4.74 Å². The molecule has 112 valence electrons. The van der Waals surface area contributed by atoms with E-state index in [2.05, 4.69) is 4.98 Å². The molecule has 6 heteroatoms. The van der Waals surface area contributed by atoms with Crippen LogP contribution in [0.5, 0.6) is 5.75 Å². The highest BCUT2D eigenvalue weighted by Crippen LogP contribution is 2.38. The van der Waals surface area contributed by atoms with E-state index in [0.717, 1.165) is 5.56 Å². The third-order valence-electron chi connectivity index (χ3n) is 3.35. The van der Waals surface area contributed by atoms with E-state index in [-0.39, 0.29) is 10.6 Å². The highest BCUT2D eigenvalue weighted by Gasteiger charge is 2.22. The van der Waals surface area contributed by atoms with Gasteiger partial charge < -0.3 is 9.72 Å². The number of rotatable bonds is 5. The highest BCUT2D eigenvalue weighted by atomic mass is 32.2. The predicted octanol–water partition coefficient (Wildman–Crippen LogP) is 4.38. The molecule has 3 aromatic rings. The summed E-state index contributed by atoms with van der Waals surface area (Å²) < 4.78 is 5.16. The quantitative estimate of drug-likeness (QED) is 0.431. The van der Waals surface area contributed by atoms with Crippen molar-refractivity contribution in [2.45, 2.75) is 10.8 Å². The Morgan fingerprint density at radius 3 is 2.68 bits per heavy atom. The zero-order valence-electron chi connectivity index (χ0n) is 11.9. The molecular formula is C16H14N2O3S. The summed E-state index contributed by atoms with van der Waals surface area (Å²) >= 11 is 1.43. The Morgan fingerprint density at radius 1 is 1.23 bits per heavy atom. The Morgan fingerprint density at radius 2 is 2.00 bits per heavy atom. The molecule has 0 spiro atoms. The van der Waals surface area contributed by atoms with Crippen LogP contribution in [0.25, 0.3) is 10.9 Å². The number of fused-ring (bicyclic) bond motifs is 1. The summed E-state index contributed by atoms with van der Waals surface area (Å²) in [5, 5.41) is 12.6. The molecule has 0 aliphatic heterocycles. The predicted molar refractivity (Wildman–Crippen MR) is 87.5 cm³/mol. The van der Waals surface area contributed by atoms with Gasteiger partial charge in [0, 0.05) is 11.8 Å². The molecule has 0 atom stereocenters. The second-order valence-corrected chi connectivity index (χ2v) is 5.73. The Balaban J connectivity index is 1.97. The van der Waals surface area contributed by atoms with Crippen molar-refractivity contribution in [2.75, 3.05) is 7.11 Å². The molecule has 1 aromatic heterocycles. The van der Waals surface area contributed by atoms with E-state index in [0.29, 0.717) is 27.4 Å². The smallest absolute Gasteiger partial charge is 0.308 e. The van der Waals surface area contributed by atoms with Gasteiger partial charge >= 0.3 is 5.69 Å². The number of ether oxygens (including phenoxy) is 1. The largest absolute Gasteiger partial charge is 0.497 e. The number of hydrogen-bond donors (Lipinski definition) is 1. The average molecular weight is 314 g/mol. The highest BCUT2D eigenvalue weighted by molar-refractivity contribution is 7.98. The van der Waals surface area contributed by atoms with Gasteiger partial charge in [0.1, 0.15) is 5.75 Å². The van der Waals surface area contributed by atoms with Crippen LogP contribution in [0.2, 0.25) is 0 Å². The number of H-pyrrole nitrogens is 1. The lowest BCUT2D eigenvalue weighted by Crippen LogP contribution is -1.89. The summed E-state index contributed by atoms with van der Waals surface area (Å²) in [6.07, 6.45) is 0. The van der Waals surface area contributed by atoms with Gasteiger partial charge in [0.2, 0.25) is 0 Å².